The number of likely N-dealkylation sites (N-methyl/N-ethyl adjacent to an activating group) is 1. The van der Waals surface area contributed by atoms with Crippen molar-refractivity contribution in [1.82, 2.24) is 4.98 Å². The van der Waals surface area contributed by atoms with Crippen LogP contribution < -0.4 is 4.90 Å². The third kappa shape index (κ3) is 3.72. The van der Waals surface area contributed by atoms with E-state index in [2.05, 4.69) is 11.6 Å². The molecule has 0 unspecified atom stereocenters. The van der Waals surface area contributed by atoms with Crippen molar-refractivity contribution in [2.24, 2.45) is 0 Å². The maximum absolute atomic E-state index is 9.69. The van der Waals surface area contributed by atoms with E-state index in [1.54, 1.807) is 19.9 Å². The van der Waals surface area contributed by atoms with Gasteiger partial charge in [0.25, 0.3) is 0 Å². The van der Waals surface area contributed by atoms with Gasteiger partial charge in [-0.1, -0.05) is 12.6 Å². The first-order valence-electron chi connectivity index (χ1n) is 4.95. The van der Waals surface area contributed by atoms with Crippen LogP contribution in [0.15, 0.2) is 24.8 Å². The first kappa shape index (κ1) is 11.7. The zero-order chi connectivity index (χ0) is 11.5. The maximum Gasteiger partial charge on any atom is 0.129 e. The van der Waals surface area contributed by atoms with Gasteiger partial charge in [-0.2, -0.15) is 0 Å². The molecule has 0 aliphatic rings. The number of hydrogen-bond acceptors (Lipinski definition) is 3. The SMILES string of the molecule is C=Cc1cccc(N(C)CC(C)(C)O)n1. The molecule has 0 aliphatic carbocycles. The lowest BCUT2D eigenvalue weighted by atomic mass is 10.1. The number of nitrogens with zero attached hydrogens (tertiary/aromatic N) is 2. The Kier molecular flexibility index (Phi) is 3.48. The summed E-state index contributed by atoms with van der Waals surface area (Å²) in [5.74, 6) is 0.842. The largest absolute Gasteiger partial charge is 0.389 e. The second kappa shape index (κ2) is 4.45. The summed E-state index contributed by atoms with van der Waals surface area (Å²) in [6, 6.07) is 5.74. The van der Waals surface area contributed by atoms with Crippen LogP contribution in [0.4, 0.5) is 5.82 Å². The Labute approximate surface area is 91.1 Å². The molecule has 0 fully saturated rings. The molecule has 1 aromatic rings. The third-order valence-electron chi connectivity index (χ3n) is 1.98. The van der Waals surface area contributed by atoms with Crippen LogP contribution in [0, 0.1) is 0 Å². The summed E-state index contributed by atoms with van der Waals surface area (Å²) in [5.41, 5.74) is 0.121. The Bertz CT molecular complexity index is 342. The normalized spacial score (nSPS) is 11.2. The standard InChI is InChI=1S/C12H18N2O/c1-5-10-7-6-8-11(13-10)14(4)9-12(2,3)15/h5-8,15H,1,9H2,2-4H3. The van der Waals surface area contributed by atoms with Crippen molar-refractivity contribution in [3.63, 3.8) is 0 Å². The quantitative estimate of drug-likeness (QED) is 0.817. The molecule has 3 nitrogen and oxygen atoms in total. The maximum atomic E-state index is 9.69. The lowest BCUT2D eigenvalue weighted by Crippen LogP contribution is -2.36. The highest BCUT2D eigenvalue weighted by Gasteiger charge is 2.16. The van der Waals surface area contributed by atoms with Crippen LogP contribution >= 0.6 is 0 Å². The molecule has 1 heterocycles. The van der Waals surface area contributed by atoms with E-state index in [0.717, 1.165) is 11.5 Å². The summed E-state index contributed by atoms with van der Waals surface area (Å²) < 4.78 is 0. The minimum absolute atomic E-state index is 0.542. The highest BCUT2D eigenvalue weighted by Crippen LogP contribution is 2.13. The summed E-state index contributed by atoms with van der Waals surface area (Å²) in [5, 5.41) is 9.69. The molecule has 1 rings (SSSR count). The summed E-state index contributed by atoms with van der Waals surface area (Å²) in [4.78, 5) is 6.30. The lowest BCUT2D eigenvalue weighted by molar-refractivity contribution is 0.0884. The molecular formula is C12H18N2O. The molecular weight excluding hydrogens is 188 g/mol. The van der Waals surface area contributed by atoms with E-state index >= 15 is 0 Å². The highest BCUT2D eigenvalue weighted by molar-refractivity contribution is 5.48. The zero-order valence-electron chi connectivity index (χ0n) is 9.57. The van der Waals surface area contributed by atoms with Crippen molar-refractivity contribution in [2.45, 2.75) is 19.4 Å². The van der Waals surface area contributed by atoms with E-state index in [1.807, 2.05) is 30.1 Å². The smallest absolute Gasteiger partial charge is 0.129 e. The fourth-order valence-electron chi connectivity index (χ4n) is 1.43. The summed E-state index contributed by atoms with van der Waals surface area (Å²) in [6.45, 7) is 7.78. The summed E-state index contributed by atoms with van der Waals surface area (Å²) in [7, 11) is 1.91. The van der Waals surface area contributed by atoms with Gasteiger partial charge < -0.3 is 10.0 Å². The molecule has 3 heteroatoms. The van der Waals surface area contributed by atoms with Gasteiger partial charge in [-0.15, -0.1) is 0 Å². The fraction of sp³-hybridized carbons (Fsp3) is 0.417. The molecule has 0 saturated heterocycles. The van der Waals surface area contributed by atoms with Crippen LogP contribution in [-0.4, -0.2) is 29.3 Å². The van der Waals surface area contributed by atoms with Gasteiger partial charge in [0.15, 0.2) is 0 Å². The monoisotopic (exact) mass is 206 g/mol. The predicted octanol–water partition coefficient (Wildman–Crippen LogP) is 1.93. The van der Waals surface area contributed by atoms with Crippen LogP contribution in [0.25, 0.3) is 6.08 Å². The van der Waals surface area contributed by atoms with Gasteiger partial charge in [0.1, 0.15) is 5.82 Å². The molecule has 0 amide bonds. The van der Waals surface area contributed by atoms with E-state index in [0.29, 0.717) is 6.54 Å². The molecule has 1 aromatic heterocycles. The number of aromatic nitrogens is 1. The van der Waals surface area contributed by atoms with Crippen molar-refractivity contribution < 1.29 is 5.11 Å². The molecule has 0 aliphatic heterocycles. The van der Waals surface area contributed by atoms with Crippen molar-refractivity contribution >= 4 is 11.9 Å². The minimum atomic E-state index is -0.722. The summed E-state index contributed by atoms with van der Waals surface area (Å²) >= 11 is 0. The van der Waals surface area contributed by atoms with E-state index in [4.69, 9.17) is 0 Å². The van der Waals surface area contributed by atoms with Crippen LogP contribution in [0.5, 0.6) is 0 Å². The van der Waals surface area contributed by atoms with Gasteiger partial charge in [0.05, 0.1) is 11.3 Å². The molecule has 0 spiro atoms. The Hall–Kier alpha value is -1.35. The van der Waals surface area contributed by atoms with Crippen molar-refractivity contribution in [2.75, 3.05) is 18.5 Å². The topological polar surface area (TPSA) is 36.4 Å². The summed E-state index contributed by atoms with van der Waals surface area (Å²) in [6.07, 6.45) is 1.71. The van der Waals surface area contributed by atoms with Crippen LogP contribution in [0.3, 0.4) is 0 Å². The number of anilines is 1. The average Bonchev–Trinajstić information content (AvgIpc) is 2.15. The highest BCUT2D eigenvalue weighted by atomic mass is 16.3. The zero-order valence-corrected chi connectivity index (χ0v) is 9.57. The average molecular weight is 206 g/mol. The molecule has 82 valence electrons. The van der Waals surface area contributed by atoms with E-state index < -0.39 is 5.60 Å². The van der Waals surface area contributed by atoms with E-state index in [-0.39, 0.29) is 0 Å². The molecule has 0 atom stereocenters. The fourth-order valence-corrected chi connectivity index (χ4v) is 1.43. The van der Waals surface area contributed by atoms with Gasteiger partial charge >= 0.3 is 0 Å². The van der Waals surface area contributed by atoms with Crippen LogP contribution in [0.1, 0.15) is 19.5 Å². The Morgan fingerprint density at radius 3 is 2.73 bits per heavy atom. The van der Waals surface area contributed by atoms with Crippen molar-refractivity contribution in [1.29, 1.82) is 0 Å². The molecule has 0 bridgehead atoms. The van der Waals surface area contributed by atoms with Crippen LogP contribution in [-0.2, 0) is 0 Å². The number of pyridine rings is 1. The second-order valence-corrected chi connectivity index (χ2v) is 4.29. The molecule has 15 heavy (non-hydrogen) atoms. The van der Waals surface area contributed by atoms with Crippen molar-refractivity contribution in [3.8, 4) is 0 Å². The molecule has 1 N–H and O–H groups in total. The number of rotatable bonds is 4. The molecule has 0 saturated carbocycles. The Morgan fingerprint density at radius 2 is 2.20 bits per heavy atom. The second-order valence-electron chi connectivity index (χ2n) is 4.29. The van der Waals surface area contributed by atoms with Gasteiger partial charge in [-0.3, -0.25) is 0 Å². The van der Waals surface area contributed by atoms with Gasteiger partial charge in [0.2, 0.25) is 0 Å². The first-order valence-corrected chi connectivity index (χ1v) is 4.95. The van der Waals surface area contributed by atoms with E-state index in [9.17, 15) is 5.11 Å². The number of aliphatic hydroxyl groups is 1. The lowest BCUT2D eigenvalue weighted by Gasteiger charge is -2.26. The van der Waals surface area contributed by atoms with Gasteiger partial charge in [-0.25, -0.2) is 4.98 Å². The Morgan fingerprint density at radius 1 is 1.53 bits per heavy atom. The molecule has 0 radical (unpaired) electrons. The van der Waals surface area contributed by atoms with Gasteiger partial charge in [0, 0.05) is 13.6 Å². The predicted molar refractivity (Wildman–Crippen MR) is 63.9 cm³/mol. The van der Waals surface area contributed by atoms with E-state index in [1.165, 1.54) is 0 Å². The number of hydrogen-bond donors (Lipinski definition) is 1. The van der Waals surface area contributed by atoms with Gasteiger partial charge in [-0.05, 0) is 32.1 Å². The van der Waals surface area contributed by atoms with Crippen LogP contribution in [0.2, 0.25) is 0 Å². The third-order valence-corrected chi connectivity index (χ3v) is 1.98. The van der Waals surface area contributed by atoms with Crippen molar-refractivity contribution in [3.05, 3.63) is 30.5 Å². The molecule has 0 aromatic carbocycles. The first-order chi connectivity index (χ1) is 6.92. The Balaban J connectivity index is 2.81. The minimum Gasteiger partial charge on any atom is -0.389 e.